The number of ketones is 1. The standard InChI is InChI=1S/C11H18O4/c1-7-4-5-9(6-10(13)14-3)15-11(7)8(2)12/h7,9,11H,4-6H2,1-3H3/t7-,9+,11-/m1/s1. The second-order valence-corrected chi connectivity index (χ2v) is 4.12. The van der Waals surface area contributed by atoms with Crippen LogP contribution in [0.4, 0.5) is 0 Å². The van der Waals surface area contributed by atoms with E-state index in [1.807, 2.05) is 6.92 Å². The summed E-state index contributed by atoms with van der Waals surface area (Å²) in [5.74, 6) is 0.00492. The van der Waals surface area contributed by atoms with Gasteiger partial charge in [-0.25, -0.2) is 0 Å². The van der Waals surface area contributed by atoms with Gasteiger partial charge in [0.15, 0.2) is 5.78 Å². The Labute approximate surface area is 89.9 Å². The van der Waals surface area contributed by atoms with Crippen LogP contribution >= 0.6 is 0 Å². The molecule has 1 aliphatic heterocycles. The molecule has 0 aromatic heterocycles. The van der Waals surface area contributed by atoms with Gasteiger partial charge >= 0.3 is 5.97 Å². The zero-order valence-corrected chi connectivity index (χ0v) is 9.49. The van der Waals surface area contributed by atoms with Crippen LogP contribution in [0.25, 0.3) is 0 Å². The van der Waals surface area contributed by atoms with E-state index in [4.69, 9.17) is 4.74 Å². The summed E-state index contributed by atoms with van der Waals surface area (Å²) in [4.78, 5) is 22.3. The first kappa shape index (κ1) is 12.2. The first-order valence-electron chi connectivity index (χ1n) is 5.27. The number of rotatable bonds is 3. The minimum Gasteiger partial charge on any atom is -0.469 e. The highest BCUT2D eigenvalue weighted by atomic mass is 16.5. The number of carbonyl (C=O) groups is 2. The van der Waals surface area contributed by atoms with Crippen LogP contribution in [-0.2, 0) is 19.1 Å². The topological polar surface area (TPSA) is 52.6 Å². The molecule has 0 radical (unpaired) electrons. The summed E-state index contributed by atoms with van der Waals surface area (Å²) < 4.78 is 10.2. The molecule has 1 fully saturated rings. The fourth-order valence-electron chi connectivity index (χ4n) is 1.93. The summed E-state index contributed by atoms with van der Waals surface area (Å²) in [6.45, 7) is 3.53. The molecule has 4 nitrogen and oxygen atoms in total. The van der Waals surface area contributed by atoms with Crippen molar-refractivity contribution >= 4 is 11.8 Å². The average molecular weight is 214 g/mol. The Kier molecular flexibility index (Phi) is 4.27. The molecule has 3 atom stereocenters. The SMILES string of the molecule is COC(=O)C[C@@H]1CC[C@@H](C)[C@H](C(C)=O)O1. The largest absolute Gasteiger partial charge is 0.469 e. The maximum absolute atomic E-state index is 11.3. The molecular formula is C11H18O4. The summed E-state index contributed by atoms with van der Waals surface area (Å²) in [5, 5.41) is 0. The molecule has 15 heavy (non-hydrogen) atoms. The van der Waals surface area contributed by atoms with Crippen LogP contribution in [0.2, 0.25) is 0 Å². The van der Waals surface area contributed by atoms with Gasteiger partial charge in [-0.05, 0) is 25.7 Å². The molecule has 0 saturated carbocycles. The van der Waals surface area contributed by atoms with Gasteiger partial charge in [-0.3, -0.25) is 9.59 Å². The number of carbonyl (C=O) groups excluding carboxylic acids is 2. The lowest BCUT2D eigenvalue weighted by molar-refractivity contribution is -0.155. The van der Waals surface area contributed by atoms with E-state index in [0.29, 0.717) is 0 Å². The number of ether oxygens (including phenoxy) is 2. The van der Waals surface area contributed by atoms with Gasteiger partial charge in [-0.1, -0.05) is 6.92 Å². The Bertz CT molecular complexity index is 249. The molecule has 0 bridgehead atoms. The molecule has 0 aromatic carbocycles. The molecular weight excluding hydrogens is 196 g/mol. The van der Waals surface area contributed by atoms with E-state index in [2.05, 4.69) is 4.74 Å². The Morgan fingerprint density at radius 1 is 1.40 bits per heavy atom. The normalized spacial score (nSPS) is 31.0. The van der Waals surface area contributed by atoms with Crippen molar-refractivity contribution in [2.45, 2.75) is 45.3 Å². The highest BCUT2D eigenvalue weighted by Crippen LogP contribution is 2.26. The highest BCUT2D eigenvalue weighted by molar-refractivity contribution is 5.81. The molecule has 86 valence electrons. The van der Waals surface area contributed by atoms with Crippen molar-refractivity contribution in [3.05, 3.63) is 0 Å². The predicted molar refractivity (Wildman–Crippen MR) is 54.4 cm³/mol. The molecule has 0 aliphatic carbocycles. The maximum Gasteiger partial charge on any atom is 0.308 e. The van der Waals surface area contributed by atoms with Gasteiger partial charge in [0.25, 0.3) is 0 Å². The van der Waals surface area contributed by atoms with Crippen LogP contribution in [0, 0.1) is 5.92 Å². The molecule has 1 heterocycles. The third-order valence-electron chi connectivity index (χ3n) is 2.82. The average Bonchev–Trinajstić information content (AvgIpc) is 2.20. The summed E-state index contributed by atoms with van der Waals surface area (Å²) in [6.07, 6.45) is 1.47. The first-order valence-corrected chi connectivity index (χ1v) is 5.27. The molecule has 1 saturated heterocycles. The van der Waals surface area contributed by atoms with E-state index in [1.54, 1.807) is 0 Å². The van der Waals surface area contributed by atoms with Crippen LogP contribution in [0.1, 0.15) is 33.1 Å². The van der Waals surface area contributed by atoms with Crippen molar-refractivity contribution in [1.29, 1.82) is 0 Å². The van der Waals surface area contributed by atoms with Crippen molar-refractivity contribution < 1.29 is 19.1 Å². The number of esters is 1. The van der Waals surface area contributed by atoms with Gasteiger partial charge < -0.3 is 9.47 Å². The fourth-order valence-corrected chi connectivity index (χ4v) is 1.93. The van der Waals surface area contributed by atoms with Crippen molar-refractivity contribution in [2.75, 3.05) is 7.11 Å². The van der Waals surface area contributed by atoms with Gasteiger partial charge in [0.05, 0.1) is 19.6 Å². The van der Waals surface area contributed by atoms with E-state index in [9.17, 15) is 9.59 Å². The molecule has 0 N–H and O–H groups in total. The van der Waals surface area contributed by atoms with E-state index in [1.165, 1.54) is 14.0 Å². The first-order chi connectivity index (χ1) is 7.04. The van der Waals surface area contributed by atoms with Crippen molar-refractivity contribution in [1.82, 2.24) is 0 Å². The van der Waals surface area contributed by atoms with Crippen molar-refractivity contribution in [3.8, 4) is 0 Å². The summed E-state index contributed by atoms with van der Waals surface area (Å²) >= 11 is 0. The molecule has 0 spiro atoms. The van der Waals surface area contributed by atoms with Crippen LogP contribution in [0.15, 0.2) is 0 Å². The quantitative estimate of drug-likeness (QED) is 0.665. The lowest BCUT2D eigenvalue weighted by Gasteiger charge is -2.32. The maximum atomic E-state index is 11.3. The molecule has 0 amide bonds. The van der Waals surface area contributed by atoms with E-state index in [0.717, 1.165) is 12.8 Å². The van der Waals surface area contributed by atoms with Gasteiger partial charge in [-0.2, -0.15) is 0 Å². The van der Waals surface area contributed by atoms with Gasteiger partial charge in [0, 0.05) is 0 Å². The molecule has 0 aromatic rings. The minimum atomic E-state index is -0.353. The van der Waals surface area contributed by atoms with Crippen molar-refractivity contribution in [3.63, 3.8) is 0 Å². The number of hydrogen-bond acceptors (Lipinski definition) is 4. The van der Waals surface area contributed by atoms with Gasteiger partial charge in [0.1, 0.15) is 6.10 Å². The van der Waals surface area contributed by atoms with Crippen LogP contribution in [-0.4, -0.2) is 31.1 Å². The van der Waals surface area contributed by atoms with Crippen molar-refractivity contribution in [2.24, 2.45) is 5.92 Å². The summed E-state index contributed by atoms with van der Waals surface area (Å²) in [7, 11) is 1.36. The molecule has 1 aliphatic rings. The van der Waals surface area contributed by atoms with E-state index >= 15 is 0 Å². The highest BCUT2D eigenvalue weighted by Gasteiger charge is 2.32. The lowest BCUT2D eigenvalue weighted by Crippen LogP contribution is -2.39. The van der Waals surface area contributed by atoms with E-state index in [-0.39, 0.29) is 36.3 Å². The third-order valence-corrected chi connectivity index (χ3v) is 2.82. The summed E-state index contributed by atoms with van der Waals surface area (Å²) in [5.41, 5.74) is 0. The monoisotopic (exact) mass is 214 g/mol. The van der Waals surface area contributed by atoms with Crippen LogP contribution in [0.3, 0.4) is 0 Å². The second kappa shape index (κ2) is 5.26. The Morgan fingerprint density at radius 2 is 2.07 bits per heavy atom. The Hall–Kier alpha value is -0.900. The smallest absolute Gasteiger partial charge is 0.308 e. The fraction of sp³-hybridized carbons (Fsp3) is 0.818. The predicted octanol–water partition coefficient (Wildman–Crippen LogP) is 1.32. The van der Waals surface area contributed by atoms with Gasteiger partial charge in [-0.15, -0.1) is 0 Å². The second-order valence-electron chi connectivity index (χ2n) is 4.12. The van der Waals surface area contributed by atoms with E-state index < -0.39 is 0 Å². The Morgan fingerprint density at radius 3 is 2.60 bits per heavy atom. The number of hydrogen-bond donors (Lipinski definition) is 0. The zero-order valence-electron chi connectivity index (χ0n) is 9.49. The Balaban J connectivity index is 2.50. The minimum absolute atomic E-state index is 0.0389. The molecule has 1 rings (SSSR count). The van der Waals surface area contributed by atoms with Crippen LogP contribution in [0.5, 0.6) is 0 Å². The molecule has 0 unspecified atom stereocenters. The van der Waals surface area contributed by atoms with Gasteiger partial charge in [0.2, 0.25) is 0 Å². The number of methoxy groups -OCH3 is 1. The van der Waals surface area contributed by atoms with Crippen LogP contribution < -0.4 is 0 Å². The third kappa shape index (κ3) is 3.30. The summed E-state index contributed by atoms with van der Waals surface area (Å²) in [6, 6.07) is 0. The molecule has 4 heteroatoms. The number of Topliss-reactive ketones (excluding diaryl/α,β-unsaturated/α-hetero) is 1. The lowest BCUT2D eigenvalue weighted by atomic mass is 9.90. The zero-order chi connectivity index (χ0) is 11.4.